The van der Waals surface area contributed by atoms with Crippen LogP contribution in [0.2, 0.25) is 0 Å². The minimum absolute atomic E-state index is 0.0617. The van der Waals surface area contributed by atoms with Crippen LogP contribution in [0.3, 0.4) is 0 Å². The topological polar surface area (TPSA) is 182 Å². The highest BCUT2D eigenvalue weighted by molar-refractivity contribution is 6.24. The molecule has 180 valence electrons. The van der Waals surface area contributed by atoms with Gasteiger partial charge in [0, 0.05) is 11.5 Å². The van der Waals surface area contributed by atoms with Crippen molar-refractivity contribution < 1.29 is 39.9 Å². The number of benzene rings is 1. The number of aliphatic hydroxyl groups excluding tert-OH is 3. The smallest absolute Gasteiger partial charge is 0.255 e. The quantitative estimate of drug-likeness (QED) is 0.335. The van der Waals surface area contributed by atoms with Crippen LogP contribution >= 0.6 is 0 Å². The number of nitrogens with zero attached hydrogens (tertiary/aromatic N) is 1. The van der Waals surface area contributed by atoms with Gasteiger partial charge in [0.2, 0.25) is 5.78 Å². The summed E-state index contributed by atoms with van der Waals surface area (Å²) in [4.78, 5) is 40.2. The number of nitrogens with two attached hydrogens (primary N) is 1. The molecule has 0 bridgehead atoms. The van der Waals surface area contributed by atoms with E-state index in [0.29, 0.717) is 11.1 Å². The van der Waals surface area contributed by atoms with Gasteiger partial charge < -0.3 is 31.3 Å². The molecule has 7 N–H and O–H groups in total. The molecule has 3 aliphatic carbocycles. The van der Waals surface area contributed by atoms with Crippen molar-refractivity contribution in [2.45, 2.75) is 30.6 Å². The van der Waals surface area contributed by atoms with Crippen molar-refractivity contribution in [3.8, 4) is 5.75 Å². The van der Waals surface area contributed by atoms with Crippen molar-refractivity contribution >= 4 is 29.3 Å². The van der Waals surface area contributed by atoms with Gasteiger partial charge in [0.1, 0.15) is 22.8 Å². The molecule has 0 saturated heterocycles. The number of aliphatic hydroxyl groups is 4. The molecule has 34 heavy (non-hydrogen) atoms. The van der Waals surface area contributed by atoms with Gasteiger partial charge in [-0.05, 0) is 37.2 Å². The lowest BCUT2D eigenvalue weighted by molar-refractivity contribution is -0.169. The predicted octanol–water partition coefficient (Wildman–Crippen LogP) is 0.139. The van der Waals surface area contributed by atoms with E-state index in [1.165, 1.54) is 31.1 Å². The molecular formula is C24H26N2O8. The van der Waals surface area contributed by atoms with Crippen LogP contribution < -0.4 is 5.73 Å². The molecular weight excluding hydrogens is 444 g/mol. The van der Waals surface area contributed by atoms with Crippen molar-refractivity contribution in [3.05, 3.63) is 52.3 Å². The summed E-state index contributed by atoms with van der Waals surface area (Å²) in [7, 11) is 2.91. The van der Waals surface area contributed by atoms with Crippen molar-refractivity contribution in [2.75, 3.05) is 14.1 Å². The standard InChI is InChI=1S/C24H26N2O8/c1-5-9-6-7-10(27)13-11(9)8(2)12-14(18(13)28)21(31)24(34)16(19(12)29)17(26(3)4)20(30)15(22(24)32)23(25)33/h5-8,12,16-17,19,27-29,32,34H,1H2,2-4H3,(H2,25,33)/t8-,12+,16+,17-,19-,24-/m0/s1. The van der Waals surface area contributed by atoms with Gasteiger partial charge in [-0.25, -0.2) is 0 Å². The number of hydrogen-bond acceptors (Lipinski definition) is 9. The monoisotopic (exact) mass is 470 g/mol. The molecule has 1 fully saturated rings. The first-order valence-corrected chi connectivity index (χ1v) is 10.6. The van der Waals surface area contributed by atoms with Gasteiger partial charge in [-0.15, -0.1) is 0 Å². The number of carbonyl (C=O) groups excluding carboxylic acids is 3. The highest BCUT2D eigenvalue weighted by Gasteiger charge is 2.68. The second-order valence-electron chi connectivity index (χ2n) is 9.22. The third-order valence-corrected chi connectivity index (χ3v) is 7.36. The molecule has 0 unspecified atom stereocenters. The van der Waals surface area contributed by atoms with Crippen LogP contribution in [0, 0.1) is 11.8 Å². The molecule has 4 rings (SSSR count). The number of phenols is 1. The number of amides is 1. The SMILES string of the molecule is C=Cc1ccc(O)c2c1[C@H](C)[C@@H]1C(=C2O)C(=O)[C@]2(O)C(O)=C(C(N)=O)C(=O)[C@@H](N(C)C)[C@@H]2[C@H]1O. The summed E-state index contributed by atoms with van der Waals surface area (Å²) in [6.45, 7) is 5.41. The number of aromatic hydroxyl groups is 1. The Morgan fingerprint density at radius 1 is 1.21 bits per heavy atom. The van der Waals surface area contributed by atoms with E-state index in [1.807, 2.05) is 0 Å². The van der Waals surface area contributed by atoms with Crippen LogP contribution in [-0.4, -0.2) is 79.7 Å². The van der Waals surface area contributed by atoms with Crippen LogP contribution in [0.5, 0.6) is 5.75 Å². The fourth-order valence-corrected chi connectivity index (χ4v) is 5.91. The fourth-order valence-electron chi connectivity index (χ4n) is 5.91. The Morgan fingerprint density at radius 3 is 2.35 bits per heavy atom. The summed E-state index contributed by atoms with van der Waals surface area (Å²) < 4.78 is 0. The fraction of sp³-hybridized carbons (Fsp3) is 0.375. The van der Waals surface area contributed by atoms with E-state index < -0.39 is 75.6 Å². The van der Waals surface area contributed by atoms with Crippen LogP contribution in [0.25, 0.3) is 11.8 Å². The molecule has 3 aliphatic rings. The largest absolute Gasteiger partial charge is 0.508 e. The maximum Gasteiger partial charge on any atom is 0.255 e. The first-order valence-electron chi connectivity index (χ1n) is 10.6. The highest BCUT2D eigenvalue weighted by atomic mass is 16.4. The lowest BCUT2D eigenvalue weighted by Gasteiger charge is -2.53. The number of rotatable bonds is 3. The number of ketones is 2. The minimum Gasteiger partial charge on any atom is -0.508 e. The number of phenolic OH excluding ortho intramolecular Hbond substituents is 1. The number of fused-ring (bicyclic) bond motifs is 3. The van der Waals surface area contributed by atoms with E-state index in [0.717, 1.165) is 0 Å². The maximum absolute atomic E-state index is 13.8. The summed E-state index contributed by atoms with van der Waals surface area (Å²) in [5.74, 6) is -9.13. The first-order chi connectivity index (χ1) is 15.8. The van der Waals surface area contributed by atoms with Crippen molar-refractivity contribution in [1.82, 2.24) is 4.90 Å². The summed E-state index contributed by atoms with van der Waals surface area (Å²) in [6.07, 6.45) is -0.128. The molecule has 10 heteroatoms. The number of primary amides is 1. The van der Waals surface area contributed by atoms with Gasteiger partial charge in [-0.1, -0.05) is 25.6 Å². The van der Waals surface area contributed by atoms with E-state index in [2.05, 4.69) is 6.58 Å². The average molecular weight is 470 g/mol. The number of hydrogen-bond donors (Lipinski definition) is 6. The van der Waals surface area contributed by atoms with Gasteiger partial charge in [0.05, 0.1) is 23.6 Å². The second-order valence-corrected chi connectivity index (χ2v) is 9.22. The zero-order valence-electron chi connectivity index (χ0n) is 18.8. The molecule has 0 aromatic heterocycles. The molecule has 0 heterocycles. The lowest BCUT2D eigenvalue weighted by Crippen LogP contribution is -2.70. The predicted molar refractivity (Wildman–Crippen MR) is 120 cm³/mol. The zero-order valence-corrected chi connectivity index (χ0v) is 18.8. The van der Waals surface area contributed by atoms with Crippen LogP contribution in [0.15, 0.2) is 35.6 Å². The van der Waals surface area contributed by atoms with Crippen LogP contribution in [-0.2, 0) is 14.4 Å². The Hall–Kier alpha value is -3.47. The second kappa shape index (κ2) is 7.52. The molecule has 0 radical (unpaired) electrons. The Morgan fingerprint density at radius 2 is 1.82 bits per heavy atom. The molecule has 1 aromatic carbocycles. The number of carbonyl (C=O) groups is 3. The summed E-state index contributed by atoms with van der Waals surface area (Å²) in [5.41, 5.74) is 1.91. The minimum atomic E-state index is -2.92. The molecule has 1 amide bonds. The summed E-state index contributed by atoms with van der Waals surface area (Å²) in [6, 6.07) is 1.50. The van der Waals surface area contributed by atoms with E-state index in [4.69, 9.17) is 5.73 Å². The molecule has 10 nitrogen and oxygen atoms in total. The molecule has 1 aromatic rings. The van der Waals surface area contributed by atoms with Crippen molar-refractivity contribution in [1.29, 1.82) is 0 Å². The van der Waals surface area contributed by atoms with Gasteiger partial charge in [-0.2, -0.15) is 0 Å². The lowest BCUT2D eigenvalue weighted by atomic mass is 9.54. The third kappa shape index (κ3) is 2.70. The number of likely N-dealkylation sites (N-methyl/N-ethyl adjacent to an activating group) is 1. The van der Waals surface area contributed by atoms with Crippen LogP contribution in [0.1, 0.15) is 29.5 Å². The van der Waals surface area contributed by atoms with E-state index in [9.17, 15) is 39.9 Å². The highest BCUT2D eigenvalue weighted by Crippen LogP contribution is 2.56. The Bertz CT molecular complexity index is 1230. The molecule has 6 atom stereocenters. The van der Waals surface area contributed by atoms with Crippen LogP contribution in [0.4, 0.5) is 0 Å². The van der Waals surface area contributed by atoms with Crippen molar-refractivity contribution in [2.24, 2.45) is 17.6 Å². The zero-order chi connectivity index (χ0) is 25.4. The molecule has 0 aliphatic heterocycles. The number of Topliss-reactive ketones (excluding diaryl/α,β-unsaturated/α-hetero) is 2. The van der Waals surface area contributed by atoms with E-state index in [-0.39, 0.29) is 11.3 Å². The molecule has 0 spiro atoms. The van der Waals surface area contributed by atoms with Gasteiger partial charge in [-0.3, -0.25) is 19.3 Å². The van der Waals surface area contributed by atoms with Crippen molar-refractivity contribution in [3.63, 3.8) is 0 Å². The Labute approximate surface area is 194 Å². The third-order valence-electron chi connectivity index (χ3n) is 7.36. The van der Waals surface area contributed by atoms with Gasteiger partial charge in [0.25, 0.3) is 5.91 Å². The summed E-state index contributed by atoms with van der Waals surface area (Å²) in [5, 5.41) is 55.6. The van der Waals surface area contributed by atoms with Gasteiger partial charge >= 0.3 is 0 Å². The Balaban J connectivity index is 2.09. The first kappa shape index (κ1) is 23.7. The summed E-state index contributed by atoms with van der Waals surface area (Å²) >= 11 is 0. The van der Waals surface area contributed by atoms with E-state index in [1.54, 1.807) is 13.0 Å². The maximum atomic E-state index is 13.8. The average Bonchev–Trinajstić information content (AvgIpc) is 2.75. The normalized spacial score (nSPS) is 32.9. The molecule has 1 saturated carbocycles. The Kier molecular flexibility index (Phi) is 5.24. The van der Waals surface area contributed by atoms with Gasteiger partial charge in [0.15, 0.2) is 11.4 Å². The van der Waals surface area contributed by atoms with E-state index >= 15 is 0 Å².